The first-order valence-corrected chi connectivity index (χ1v) is 8.46. The number of hydrogen-bond acceptors (Lipinski definition) is 5. The Hall–Kier alpha value is -2.86. The molecule has 0 saturated heterocycles. The van der Waals surface area contributed by atoms with Gasteiger partial charge in [0.1, 0.15) is 22.8 Å². The highest BCUT2D eigenvalue weighted by molar-refractivity contribution is 6.30. The Morgan fingerprint density at radius 1 is 1.19 bits per heavy atom. The monoisotopic (exact) mass is 371 g/mol. The summed E-state index contributed by atoms with van der Waals surface area (Å²) in [5, 5.41) is 8.77. The predicted molar refractivity (Wildman–Crippen MR) is 98.7 cm³/mol. The van der Waals surface area contributed by atoms with Crippen LogP contribution in [-0.2, 0) is 18.2 Å². The number of aryl methyl sites for hydroxylation is 1. The van der Waals surface area contributed by atoms with Crippen LogP contribution in [0.25, 0.3) is 11.3 Å². The number of esters is 1. The Kier molecular flexibility index (Phi) is 5.23. The third-order valence-corrected chi connectivity index (χ3v) is 4.22. The van der Waals surface area contributed by atoms with Crippen molar-refractivity contribution in [2.24, 2.45) is 7.05 Å². The van der Waals surface area contributed by atoms with Gasteiger partial charge in [-0.15, -0.1) is 5.10 Å². The minimum atomic E-state index is -0.486. The maximum absolute atomic E-state index is 11.9. The van der Waals surface area contributed by atoms with Gasteiger partial charge in [0.05, 0.1) is 12.8 Å². The van der Waals surface area contributed by atoms with E-state index in [4.69, 9.17) is 21.1 Å². The average molecular weight is 372 g/mol. The molecule has 0 unspecified atom stereocenters. The zero-order valence-electron chi connectivity index (χ0n) is 14.7. The highest BCUT2D eigenvalue weighted by Crippen LogP contribution is 2.31. The summed E-state index contributed by atoms with van der Waals surface area (Å²) in [5.41, 5.74) is 3.16. The molecule has 0 aliphatic carbocycles. The Balaban J connectivity index is 1.89. The van der Waals surface area contributed by atoms with E-state index in [9.17, 15) is 4.79 Å². The Bertz CT molecular complexity index is 936. The summed E-state index contributed by atoms with van der Waals surface area (Å²) < 4.78 is 12.4. The second-order valence-corrected chi connectivity index (χ2v) is 6.06. The number of hydrogen-bond donors (Lipinski definition) is 0. The van der Waals surface area contributed by atoms with E-state index in [1.807, 2.05) is 31.3 Å². The van der Waals surface area contributed by atoms with E-state index in [0.29, 0.717) is 22.1 Å². The molecule has 3 rings (SSSR count). The van der Waals surface area contributed by atoms with Gasteiger partial charge in [-0.1, -0.05) is 23.7 Å². The van der Waals surface area contributed by atoms with Gasteiger partial charge in [-0.3, -0.25) is 4.68 Å². The van der Waals surface area contributed by atoms with Gasteiger partial charge >= 0.3 is 5.97 Å². The first-order chi connectivity index (χ1) is 12.5. The fourth-order valence-corrected chi connectivity index (χ4v) is 2.83. The minimum Gasteiger partial charge on any atom is -0.465 e. The molecule has 0 atom stereocenters. The van der Waals surface area contributed by atoms with Crippen molar-refractivity contribution in [2.45, 2.75) is 13.3 Å². The quantitative estimate of drug-likeness (QED) is 0.626. The molecule has 6 nitrogen and oxygen atoms in total. The normalized spacial score (nSPS) is 10.6. The summed E-state index contributed by atoms with van der Waals surface area (Å²) in [6.07, 6.45) is 0.835. The molecule has 134 valence electrons. The first-order valence-electron chi connectivity index (χ1n) is 8.08. The molecule has 3 aromatic rings. The number of methoxy groups -OCH3 is 1. The summed E-state index contributed by atoms with van der Waals surface area (Å²) in [5.74, 6) is 0.425. The van der Waals surface area contributed by atoms with Gasteiger partial charge in [-0.2, -0.15) is 0 Å². The predicted octanol–water partition coefficient (Wildman–Crippen LogP) is 4.28. The molecule has 1 aromatic heterocycles. The van der Waals surface area contributed by atoms with Crippen LogP contribution in [0.3, 0.4) is 0 Å². The molecule has 1 heterocycles. The molecular formula is C19H18ClN3O3. The Morgan fingerprint density at radius 2 is 1.92 bits per heavy atom. The number of halogens is 1. The Morgan fingerprint density at radius 3 is 2.58 bits per heavy atom. The molecule has 2 aromatic carbocycles. The van der Waals surface area contributed by atoms with Crippen LogP contribution in [0.1, 0.15) is 23.0 Å². The zero-order valence-corrected chi connectivity index (χ0v) is 15.4. The molecule has 0 spiro atoms. The average Bonchev–Trinajstić information content (AvgIpc) is 3.02. The van der Waals surface area contributed by atoms with E-state index in [0.717, 1.165) is 23.4 Å². The lowest BCUT2D eigenvalue weighted by atomic mass is 10.1. The van der Waals surface area contributed by atoms with Crippen LogP contribution in [0.15, 0.2) is 42.5 Å². The van der Waals surface area contributed by atoms with E-state index < -0.39 is 5.97 Å². The largest absolute Gasteiger partial charge is 0.465 e. The summed E-state index contributed by atoms with van der Waals surface area (Å²) in [7, 11) is 3.20. The summed E-state index contributed by atoms with van der Waals surface area (Å²) in [6, 6.07) is 12.2. The zero-order chi connectivity index (χ0) is 18.7. The molecule has 0 radical (unpaired) electrons. The standard InChI is InChI=1S/C19H18ClN3O3/c1-4-16-18(21-22-23(16)2)12-5-8-14(9-6-12)26-17-11-13(20)7-10-15(17)19(24)25-3/h5-11H,4H2,1-3H3. The van der Waals surface area contributed by atoms with Gasteiger partial charge < -0.3 is 9.47 Å². The molecule has 26 heavy (non-hydrogen) atoms. The van der Waals surface area contributed by atoms with Crippen molar-refractivity contribution in [1.82, 2.24) is 15.0 Å². The lowest BCUT2D eigenvalue weighted by molar-refractivity contribution is 0.0598. The van der Waals surface area contributed by atoms with E-state index >= 15 is 0 Å². The molecule has 0 aliphatic rings. The molecule has 7 heteroatoms. The second-order valence-electron chi connectivity index (χ2n) is 5.62. The number of aromatic nitrogens is 3. The van der Waals surface area contributed by atoms with Crippen molar-refractivity contribution in [3.63, 3.8) is 0 Å². The van der Waals surface area contributed by atoms with Gasteiger partial charge in [0.2, 0.25) is 0 Å². The van der Waals surface area contributed by atoms with Crippen molar-refractivity contribution >= 4 is 17.6 Å². The van der Waals surface area contributed by atoms with Crippen LogP contribution in [0.4, 0.5) is 0 Å². The van der Waals surface area contributed by atoms with Crippen LogP contribution < -0.4 is 4.74 Å². The Labute approximate surface area is 156 Å². The molecule has 0 bridgehead atoms. The maximum atomic E-state index is 11.9. The summed E-state index contributed by atoms with van der Waals surface area (Å²) in [6.45, 7) is 2.06. The topological polar surface area (TPSA) is 66.2 Å². The number of carbonyl (C=O) groups is 1. The fourth-order valence-electron chi connectivity index (χ4n) is 2.66. The molecule has 0 fully saturated rings. The molecule has 0 N–H and O–H groups in total. The third-order valence-electron chi connectivity index (χ3n) is 3.98. The molecule has 0 aliphatic heterocycles. The number of benzene rings is 2. The van der Waals surface area contributed by atoms with Crippen molar-refractivity contribution in [2.75, 3.05) is 7.11 Å². The first kappa shape index (κ1) is 17.9. The molecule has 0 saturated carbocycles. The maximum Gasteiger partial charge on any atom is 0.341 e. The number of rotatable bonds is 5. The number of carbonyl (C=O) groups excluding carboxylic acids is 1. The van der Waals surface area contributed by atoms with E-state index in [1.165, 1.54) is 7.11 Å². The van der Waals surface area contributed by atoms with Gasteiger partial charge in [0, 0.05) is 23.7 Å². The lowest BCUT2D eigenvalue weighted by Gasteiger charge is -2.11. The van der Waals surface area contributed by atoms with Crippen LogP contribution in [0, 0.1) is 0 Å². The van der Waals surface area contributed by atoms with Gasteiger partial charge in [0.15, 0.2) is 0 Å². The summed E-state index contributed by atoms with van der Waals surface area (Å²) in [4.78, 5) is 11.9. The van der Waals surface area contributed by atoms with Gasteiger partial charge in [-0.25, -0.2) is 4.79 Å². The van der Waals surface area contributed by atoms with E-state index in [1.54, 1.807) is 22.9 Å². The second kappa shape index (κ2) is 7.58. The minimum absolute atomic E-state index is 0.308. The number of ether oxygens (including phenoxy) is 2. The number of nitrogens with zero attached hydrogens (tertiary/aromatic N) is 3. The molecule has 0 amide bonds. The highest BCUT2D eigenvalue weighted by atomic mass is 35.5. The van der Waals surface area contributed by atoms with Crippen LogP contribution in [0.5, 0.6) is 11.5 Å². The van der Waals surface area contributed by atoms with Gasteiger partial charge in [0.25, 0.3) is 0 Å². The van der Waals surface area contributed by atoms with Crippen molar-refractivity contribution in [3.8, 4) is 22.8 Å². The van der Waals surface area contributed by atoms with E-state index in [-0.39, 0.29) is 0 Å². The van der Waals surface area contributed by atoms with Crippen molar-refractivity contribution in [3.05, 3.63) is 58.7 Å². The smallest absolute Gasteiger partial charge is 0.341 e. The summed E-state index contributed by atoms with van der Waals surface area (Å²) >= 11 is 6.02. The SMILES string of the molecule is CCc1c(-c2ccc(Oc3cc(Cl)ccc3C(=O)OC)cc2)nnn1C. The van der Waals surface area contributed by atoms with Crippen molar-refractivity contribution in [1.29, 1.82) is 0 Å². The highest BCUT2D eigenvalue weighted by Gasteiger charge is 2.15. The third kappa shape index (κ3) is 3.55. The van der Waals surface area contributed by atoms with Crippen LogP contribution >= 0.6 is 11.6 Å². The fraction of sp³-hybridized carbons (Fsp3) is 0.211. The van der Waals surface area contributed by atoms with Crippen molar-refractivity contribution < 1.29 is 14.3 Å². The van der Waals surface area contributed by atoms with E-state index in [2.05, 4.69) is 17.2 Å². The lowest BCUT2D eigenvalue weighted by Crippen LogP contribution is -2.03. The van der Waals surface area contributed by atoms with Gasteiger partial charge in [-0.05, 0) is 42.8 Å². The molecular weight excluding hydrogens is 354 g/mol. The van der Waals surface area contributed by atoms with Crippen LogP contribution in [-0.4, -0.2) is 28.1 Å². The van der Waals surface area contributed by atoms with Crippen LogP contribution in [0.2, 0.25) is 5.02 Å².